The van der Waals surface area contributed by atoms with E-state index in [4.69, 9.17) is 0 Å². The second-order valence-corrected chi connectivity index (χ2v) is 8.97. The maximum absolute atomic E-state index is 13.3. The molecule has 0 bridgehead atoms. The quantitative estimate of drug-likeness (QED) is 0.545. The van der Waals surface area contributed by atoms with Crippen molar-refractivity contribution < 1.29 is 9.59 Å². The molecule has 4 nitrogen and oxygen atoms in total. The van der Waals surface area contributed by atoms with Crippen molar-refractivity contribution in [2.75, 3.05) is 0 Å². The van der Waals surface area contributed by atoms with Gasteiger partial charge in [0.05, 0.1) is 5.54 Å². The normalized spacial score (nSPS) is 11.2. The van der Waals surface area contributed by atoms with Gasteiger partial charge in [-0.2, -0.15) is 0 Å². The first-order chi connectivity index (χ1) is 14.6. The van der Waals surface area contributed by atoms with E-state index in [0.29, 0.717) is 11.1 Å². The van der Waals surface area contributed by atoms with Crippen molar-refractivity contribution in [1.29, 1.82) is 0 Å². The van der Waals surface area contributed by atoms with Gasteiger partial charge in [0.25, 0.3) is 11.8 Å². The van der Waals surface area contributed by atoms with Gasteiger partial charge in [-0.05, 0) is 76.4 Å². The highest BCUT2D eigenvalue weighted by atomic mass is 16.2. The van der Waals surface area contributed by atoms with Gasteiger partial charge in [-0.15, -0.1) is 0 Å². The largest absolute Gasteiger partial charge is 0.272 e. The summed E-state index contributed by atoms with van der Waals surface area (Å²) in [5, 5.41) is 1.43. The molecule has 3 rings (SSSR count). The molecule has 3 aromatic rings. The molecule has 3 aromatic carbocycles. The monoisotopic (exact) mass is 414 g/mol. The Morgan fingerprint density at radius 1 is 0.806 bits per heavy atom. The zero-order chi connectivity index (χ0) is 22.8. The van der Waals surface area contributed by atoms with E-state index >= 15 is 0 Å². The second kappa shape index (κ2) is 8.76. The molecule has 2 amide bonds. The lowest BCUT2D eigenvalue weighted by Gasteiger charge is -2.35. The summed E-state index contributed by atoms with van der Waals surface area (Å²) >= 11 is 0. The van der Waals surface area contributed by atoms with Gasteiger partial charge in [0.2, 0.25) is 0 Å². The summed E-state index contributed by atoms with van der Waals surface area (Å²) in [7, 11) is 0. The molecule has 0 atom stereocenters. The highest BCUT2D eigenvalue weighted by Gasteiger charge is 2.30. The van der Waals surface area contributed by atoms with E-state index < -0.39 is 5.54 Å². The van der Waals surface area contributed by atoms with Gasteiger partial charge in [0, 0.05) is 11.1 Å². The number of amides is 2. The van der Waals surface area contributed by atoms with Crippen LogP contribution in [0.4, 0.5) is 0 Å². The summed E-state index contributed by atoms with van der Waals surface area (Å²) in [6, 6.07) is 21.4. The molecular weight excluding hydrogens is 384 g/mol. The summed E-state index contributed by atoms with van der Waals surface area (Å²) in [5.74, 6) is -0.535. The standard InChI is InChI=1S/C27H30N2O2/c1-18-15-19(2)17-22(16-18)26(31)29(27(4,5)6)28-25(30)24-14-10-13-23(20(24)3)21-11-8-7-9-12-21/h7-17H,1-6H3,(H,28,30). The molecule has 160 valence electrons. The van der Waals surface area contributed by atoms with Crippen LogP contribution in [0.15, 0.2) is 66.7 Å². The fourth-order valence-electron chi connectivity index (χ4n) is 3.72. The number of nitrogens with zero attached hydrogens (tertiary/aromatic N) is 1. The number of hydrogen-bond acceptors (Lipinski definition) is 2. The Kier molecular flexibility index (Phi) is 6.30. The molecule has 4 heteroatoms. The summed E-state index contributed by atoms with van der Waals surface area (Å²) < 4.78 is 0. The number of nitrogens with one attached hydrogen (secondary N) is 1. The number of hydrazine groups is 1. The third-order valence-corrected chi connectivity index (χ3v) is 5.22. The van der Waals surface area contributed by atoms with Gasteiger partial charge in [-0.3, -0.25) is 15.0 Å². The summed E-state index contributed by atoms with van der Waals surface area (Å²) in [6.07, 6.45) is 0. The minimum absolute atomic E-state index is 0.232. The third-order valence-electron chi connectivity index (χ3n) is 5.22. The lowest BCUT2D eigenvalue weighted by molar-refractivity contribution is 0.0358. The van der Waals surface area contributed by atoms with Crippen molar-refractivity contribution in [2.45, 2.75) is 47.1 Å². The lowest BCUT2D eigenvalue weighted by Crippen LogP contribution is -2.56. The summed E-state index contributed by atoms with van der Waals surface area (Å²) in [4.78, 5) is 26.6. The lowest BCUT2D eigenvalue weighted by atomic mass is 9.96. The molecule has 31 heavy (non-hydrogen) atoms. The topological polar surface area (TPSA) is 49.4 Å². The van der Waals surface area contributed by atoms with Crippen molar-refractivity contribution in [3.05, 3.63) is 94.5 Å². The first-order valence-electron chi connectivity index (χ1n) is 10.5. The van der Waals surface area contributed by atoms with Crippen LogP contribution in [-0.4, -0.2) is 22.4 Å². The Labute approximate surface area is 184 Å². The van der Waals surface area contributed by atoms with Crippen LogP contribution in [0.25, 0.3) is 11.1 Å². The third kappa shape index (κ3) is 5.02. The van der Waals surface area contributed by atoms with Crippen LogP contribution in [0.1, 0.15) is 58.2 Å². The van der Waals surface area contributed by atoms with Crippen LogP contribution < -0.4 is 5.43 Å². The molecule has 0 fully saturated rings. The molecule has 0 saturated carbocycles. The Morgan fingerprint density at radius 2 is 1.42 bits per heavy atom. The van der Waals surface area contributed by atoms with Crippen LogP contribution in [0.5, 0.6) is 0 Å². The SMILES string of the molecule is Cc1cc(C)cc(C(=O)N(NC(=O)c2cccc(-c3ccccc3)c2C)C(C)(C)C)c1. The van der Waals surface area contributed by atoms with E-state index in [1.807, 2.05) is 102 Å². The highest BCUT2D eigenvalue weighted by Crippen LogP contribution is 2.26. The maximum Gasteiger partial charge on any atom is 0.272 e. The van der Waals surface area contributed by atoms with Crippen molar-refractivity contribution in [3.8, 4) is 11.1 Å². The first kappa shape index (κ1) is 22.3. The average Bonchev–Trinajstić information content (AvgIpc) is 2.70. The number of benzene rings is 3. The molecule has 0 aliphatic heterocycles. The van der Waals surface area contributed by atoms with Crippen molar-refractivity contribution in [2.24, 2.45) is 0 Å². The number of carbonyl (C=O) groups is 2. The molecular formula is C27H30N2O2. The fraction of sp³-hybridized carbons (Fsp3) is 0.259. The van der Waals surface area contributed by atoms with Gasteiger partial charge in [0.1, 0.15) is 0 Å². The second-order valence-electron chi connectivity index (χ2n) is 8.97. The van der Waals surface area contributed by atoms with Crippen LogP contribution in [0, 0.1) is 20.8 Å². The van der Waals surface area contributed by atoms with Crippen molar-refractivity contribution in [1.82, 2.24) is 10.4 Å². The van der Waals surface area contributed by atoms with E-state index in [-0.39, 0.29) is 11.8 Å². The van der Waals surface area contributed by atoms with Gasteiger partial charge in [-0.1, -0.05) is 59.7 Å². The molecule has 0 heterocycles. The smallest absolute Gasteiger partial charge is 0.267 e. The Hall–Kier alpha value is -3.40. The molecule has 0 unspecified atom stereocenters. The van der Waals surface area contributed by atoms with Gasteiger partial charge in [0.15, 0.2) is 0 Å². The van der Waals surface area contributed by atoms with Crippen LogP contribution in [-0.2, 0) is 0 Å². The van der Waals surface area contributed by atoms with Gasteiger partial charge >= 0.3 is 0 Å². The molecule has 1 N–H and O–H groups in total. The number of rotatable bonds is 3. The molecule has 0 aliphatic carbocycles. The first-order valence-corrected chi connectivity index (χ1v) is 10.5. The Bertz CT molecular complexity index is 1090. The van der Waals surface area contributed by atoms with Crippen molar-refractivity contribution >= 4 is 11.8 Å². The average molecular weight is 415 g/mol. The van der Waals surface area contributed by atoms with E-state index in [1.165, 1.54) is 5.01 Å². The van der Waals surface area contributed by atoms with Gasteiger partial charge in [-0.25, -0.2) is 5.01 Å². The molecule has 0 aliphatic rings. The summed E-state index contributed by atoms with van der Waals surface area (Å²) in [5.41, 5.74) is 8.31. The highest BCUT2D eigenvalue weighted by molar-refractivity contribution is 6.01. The molecule has 0 aromatic heterocycles. The van der Waals surface area contributed by atoms with E-state index in [0.717, 1.165) is 27.8 Å². The van der Waals surface area contributed by atoms with E-state index in [1.54, 1.807) is 6.07 Å². The van der Waals surface area contributed by atoms with Gasteiger partial charge < -0.3 is 0 Å². The summed E-state index contributed by atoms with van der Waals surface area (Å²) in [6.45, 7) is 11.6. The van der Waals surface area contributed by atoms with Crippen LogP contribution in [0.2, 0.25) is 0 Å². The van der Waals surface area contributed by atoms with Crippen molar-refractivity contribution in [3.63, 3.8) is 0 Å². The Morgan fingerprint density at radius 3 is 2.00 bits per heavy atom. The predicted molar refractivity (Wildman–Crippen MR) is 126 cm³/mol. The number of aryl methyl sites for hydroxylation is 2. The minimum Gasteiger partial charge on any atom is -0.267 e. The number of carbonyl (C=O) groups excluding carboxylic acids is 2. The maximum atomic E-state index is 13.3. The predicted octanol–water partition coefficient (Wildman–Crippen LogP) is 5.86. The zero-order valence-corrected chi connectivity index (χ0v) is 19.1. The molecule has 0 spiro atoms. The minimum atomic E-state index is -0.602. The zero-order valence-electron chi connectivity index (χ0n) is 19.1. The fourth-order valence-corrected chi connectivity index (χ4v) is 3.72. The van der Waals surface area contributed by atoms with Crippen LogP contribution in [0.3, 0.4) is 0 Å². The Balaban J connectivity index is 1.95. The number of hydrogen-bond donors (Lipinski definition) is 1. The molecule has 0 radical (unpaired) electrons. The van der Waals surface area contributed by atoms with Crippen LogP contribution >= 0.6 is 0 Å². The van der Waals surface area contributed by atoms with E-state index in [2.05, 4.69) is 5.43 Å². The molecule has 0 saturated heterocycles. The van der Waals surface area contributed by atoms with E-state index in [9.17, 15) is 9.59 Å².